The van der Waals surface area contributed by atoms with Gasteiger partial charge >= 0.3 is 0 Å². The van der Waals surface area contributed by atoms with Crippen LogP contribution in [0.3, 0.4) is 0 Å². The van der Waals surface area contributed by atoms with Gasteiger partial charge in [0.05, 0.1) is 11.0 Å². The van der Waals surface area contributed by atoms with Gasteiger partial charge in [0.25, 0.3) is 0 Å². The molecule has 0 fully saturated rings. The molecule has 8 rings (SSSR count). The van der Waals surface area contributed by atoms with Crippen molar-refractivity contribution in [3.8, 4) is 39.1 Å². The lowest BCUT2D eigenvalue weighted by Crippen LogP contribution is -1.95. The first-order valence-corrected chi connectivity index (χ1v) is 15.0. The number of para-hydroxylation sites is 2. The van der Waals surface area contributed by atoms with E-state index in [0.717, 1.165) is 11.4 Å². The second-order valence-corrected chi connectivity index (χ2v) is 11.1. The third kappa shape index (κ3) is 4.73. The van der Waals surface area contributed by atoms with E-state index in [1.807, 2.05) is 0 Å². The smallest absolute Gasteiger partial charge is 0.0541 e. The van der Waals surface area contributed by atoms with Crippen LogP contribution in [0.15, 0.2) is 176 Å². The lowest BCUT2D eigenvalue weighted by atomic mass is 9.98. The summed E-state index contributed by atoms with van der Waals surface area (Å²) in [4.78, 5) is 0. The highest BCUT2D eigenvalue weighted by atomic mass is 15.0. The SMILES string of the molecule is c1ccc(-c2ccc(-c3ccccc3)c(Nc3ccc(-c4ccc5c(c4)c4ccccc4n5-c4ccccc4)cc3)c2)cc1. The van der Waals surface area contributed by atoms with Crippen LogP contribution in [-0.2, 0) is 0 Å². The summed E-state index contributed by atoms with van der Waals surface area (Å²) in [6, 6.07) is 62.7. The van der Waals surface area contributed by atoms with Gasteiger partial charge in [0.2, 0.25) is 0 Å². The zero-order chi connectivity index (χ0) is 29.3. The van der Waals surface area contributed by atoms with Gasteiger partial charge in [-0.25, -0.2) is 0 Å². The Morgan fingerprint density at radius 1 is 0.364 bits per heavy atom. The van der Waals surface area contributed by atoms with E-state index in [1.165, 1.54) is 60.9 Å². The number of hydrogen-bond acceptors (Lipinski definition) is 1. The molecule has 0 atom stereocenters. The molecule has 0 spiro atoms. The van der Waals surface area contributed by atoms with Crippen LogP contribution in [0.25, 0.3) is 60.9 Å². The standard InChI is InChI=1S/C42H30N2/c1-4-12-30(13-5-1)34-22-26-37(32-14-6-2-7-15-32)40(29-34)43-35-24-20-31(21-25-35)33-23-27-42-39(28-33)38-18-10-11-19-41(38)44(42)36-16-8-3-9-17-36/h1-29,43H. The first-order valence-electron chi connectivity index (χ1n) is 15.0. The van der Waals surface area contributed by atoms with Crippen molar-refractivity contribution >= 4 is 33.2 Å². The Bertz CT molecular complexity index is 2210. The van der Waals surface area contributed by atoms with Crippen LogP contribution in [-0.4, -0.2) is 4.57 Å². The molecular weight excluding hydrogens is 532 g/mol. The lowest BCUT2D eigenvalue weighted by Gasteiger charge is -2.15. The van der Waals surface area contributed by atoms with Gasteiger partial charge in [-0.1, -0.05) is 127 Å². The second-order valence-electron chi connectivity index (χ2n) is 11.1. The molecular formula is C42H30N2. The average Bonchev–Trinajstić information content (AvgIpc) is 3.43. The Kier molecular flexibility index (Phi) is 6.51. The molecule has 1 aromatic heterocycles. The van der Waals surface area contributed by atoms with E-state index in [0.29, 0.717) is 0 Å². The Balaban J connectivity index is 1.15. The molecule has 8 aromatic rings. The Morgan fingerprint density at radius 2 is 0.909 bits per heavy atom. The van der Waals surface area contributed by atoms with Crippen LogP contribution in [0.5, 0.6) is 0 Å². The van der Waals surface area contributed by atoms with Gasteiger partial charge in [0.1, 0.15) is 0 Å². The topological polar surface area (TPSA) is 17.0 Å². The Morgan fingerprint density at radius 3 is 1.66 bits per heavy atom. The van der Waals surface area contributed by atoms with Crippen molar-refractivity contribution in [3.05, 3.63) is 176 Å². The molecule has 0 aliphatic carbocycles. The third-order valence-corrected chi connectivity index (χ3v) is 8.40. The fourth-order valence-corrected chi connectivity index (χ4v) is 6.24. The lowest BCUT2D eigenvalue weighted by molar-refractivity contribution is 1.18. The molecule has 0 radical (unpaired) electrons. The van der Waals surface area contributed by atoms with E-state index in [2.05, 4.69) is 186 Å². The zero-order valence-electron chi connectivity index (χ0n) is 24.2. The average molecular weight is 563 g/mol. The molecule has 7 aromatic carbocycles. The largest absolute Gasteiger partial charge is 0.355 e. The van der Waals surface area contributed by atoms with Gasteiger partial charge in [-0.05, 0) is 76.3 Å². The van der Waals surface area contributed by atoms with Gasteiger partial charge in [-0.3, -0.25) is 0 Å². The molecule has 0 saturated carbocycles. The maximum atomic E-state index is 3.73. The Hall–Kier alpha value is -5.86. The normalized spacial score (nSPS) is 11.2. The van der Waals surface area contributed by atoms with Crippen LogP contribution < -0.4 is 5.32 Å². The van der Waals surface area contributed by atoms with Crippen LogP contribution in [0.1, 0.15) is 0 Å². The summed E-state index contributed by atoms with van der Waals surface area (Å²) in [5, 5.41) is 6.25. The monoisotopic (exact) mass is 562 g/mol. The summed E-state index contributed by atoms with van der Waals surface area (Å²) in [6.07, 6.45) is 0. The predicted molar refractivity (Wildman–Crippen MR) is 187 cm³/mol. The fraction of sp³-hybridized carbons (Fsp3) is 0. The third-order valence-electron chi connectivity index (χ3n) is 8.40. The molecule has 44 heavy (non-hydrogen) atoms. The van der Waals surface area contributed by atoms with Crippen molar-refractivity contribution in [2.75, 3.05) is 5.32 Å². The fourth-order valence-electron chi connectivity index (χ4n) is 6.24. The number of fused-ring (bicyclic) bond motifs is 3. The van der Waals surface area contributed by atoms with Crippen LogP contribution >= 0.6 is 0 Å². The van der Waals surface area contributed by atoms with Crippen molar-refractivity contribution in [3.63, 3.8) is 0 Å². The number of aromatic nitrogens is 1. The molecule has 2 nitrogen and oxygen atoms in total. The van der Waals surface area contributed by atoms with Gasteiger partial charge < -0.3 is 9.88 Å². The molecule has 0 saturated heterocycles. The van der Waals surface area contributed by atoms with Gasteiger partial charge in [-0.15, -0.1) is 0 Å². The summed E-state index contributed by atoms with van der Waals surface area (Å²) in [5.41, 5.74) is 12.9. The summed E-state index contributed by atoms with van der Waals surface area (Å²) in [6.45, 7) is 0. The number of hydrogen-bond donors (Lipinski definition) is 1. The number of anilines is 2. The number of nitrogens with one attached hydrogen (secondary N) is 1. The molecule has 0 aliphatic heterocycles. The molecule has 1 N–H and O–H groups in total. The zero-order valence-corrected chi connectivity index (χ0v) is 24.2. The van der Waals surface area contributed by atoms with Crippen LogP contribution in [0, 0.1) is 0 Å². The minimum absolute atomic E-state index is 1.05. The highest BCUT2D eigenvalue weighted by Crippen LogP contribution is 2.37. The van der Waals surface area contributed by atoms with Gasteiger partial charge in [-0.2, -0.15) is 0 Å². The second kappa shape index (κ2) is 11.1. The van der Waals surface area contributed by atoms with Crippen molar-refractivity contribution < 1.29 is 0 Å². The maximum absolute atomic E-state index is 3.73. The summed E-state index contributed by atoms with van der Waals surface area (Å²) >= 11 is 0. The molecule has 1 heterocycles. The number of nitrogens with zero attached hydrogens (tertiary/aromatic N) is 1. The van der Waals surface area contributed by atoms with E-state index in [1.54, 1.807) is 0 Å². The molecule has 0 bridgehead atoms. The minimum Gasteiger partial charge on any atom is -0.355 e. The molecule has 0 unspecified atom stereocenters. The Labute approximate surface area is 257 Å². The highest BCUT2D eigenvalue weighted by molar-refractivity contribution is 6.10. The molecule has 0 aliphatic rings. The van der Waals surface area contributed by atoms with Crippen LogP contribution in [0.2, 0.25) is 0 Å². The van der Waals surface area contributed by atoms with Crippen LogP contribution in [0.4, 0.5) is 11.4 Å². The molecule has 2 heteroatoms. The van der Waals surface area contributed by atoms with Crippen molar-refractivity contribution in [1.29, 1.82) is 0 Å². The predicted octanol–water partition coefficient (Wildman–Crippen LogP) is 11.5. The van der Waals surface area contributed by atoms with E-state index >= 15 is 0 Å². The van der Waals surface area contributed by atoms with Crippen molar-refractivity contribution in [2.24, 2.45) is 0 Å². The maximum Gasteiger partial charge on any atom is 0.0541 e. The molecule has 0 amide bonds. The first kappa shape index (κ1) is 25.8. The summed E-state index contributed by atoms with van der Waals surface area (Å²) in [7, 11) is 0. The van der Waals surface area contributed by atoms with Crippen molar-refractivity contribution in [1.82, 2.24) is 4.57 Å². The van der Waals surface area contributed by atoms with E-state index < -0.39 is 0 Å². The van der Waals surface area contributed by atoms with E-state index in [4.69, 9.17) is 0 Å². The first-order chi connectivity index (χ1) is 21.8. The van der Waals surface area contributed by atoms with Crippen molar-refractivity contribution in [2.45, 2.75) is 0 Å². The van der Waals surface area contributed by atoms with Gasteiger partial charge in [0.15, 0.2) is 0 Å². The van der Waals surface area contributed by atoms with Gasteiger partial charge in [0, 0.05) is 33.4 Å². The highest BCUT2D eigenvalue weighted by Gasteiger charge is 2.13. The quantitative estimate of drug-likeness (QED) is 0.213. The molecule has 208 valence electrons. The minimum atomic E-state index is 1.05. The number of benzene rings is 7. The van der Waals surface area contributed by atoms with E-state index in [-0.39, 0.29) is 0 Å². The summed E-state index contributed by atoms with van der Waals surface area (Å²) in [5.74, 6) is 0. The summed E-state index contributed by atoms with van der Waals surface area (Å²) < 4.78 is 2.36. The number of rotatable bonds is 6. The van der Waals surface area contributed by atoms with E-state index in [9.17, 15) is 0 Å².